The van der Waals surface area contributed by atoms with Crippen LogP contribution in [-0.2, 0) is 14.3 Å². The van der Waals surface area contributed by atoms with Gasteiger partial charge < -0.3 is 25.0 Å². The third-order valence-corrected chi connectivity index (χ3v) is 6.92. The predicted octanol–water partition coefficient (Wildman–Crippen LogP) is 6.27. The number of carbonyl (C=O) groups is 3. The molecule has 2 unspecified atom stereocenters. The number of thioether (sulfide) groups is 1. The second kappa shape index (κ2) is 15.6. The van der Waals surface area contributed by atoms with Crippen LogP contribution in [0.25, 0.3) is 0 Å². The van der Waals surface area contributed by atoms with Crippen molar-refractivity contribution in [2.24, 2.45) is 0 Å². The Morgan fingerprint density at radius 2 is 1.73 bits per heavy atom. The minimum atomic E-state index is -0.904. The van der Waals surface area contributed by atoms with Gasteiger partial charge in [-0.3, -0.25) is 9.59 Å². The summed E-state index contributed by atoms with van der Waals surface area (Å²) >= 11 is 1.58. The molecule has 0 aliphatic rings. The number of alkyl carbamates (subject to hydrolysis) is 1. The van der Waals surface area contributed by atoms with Gasteiger partial charge in [-0.25, -0.2) is 4.79 Å². The lowest BCUT2D eigenvalue weighted by atomic mass is 9.96. The number of nitrogens with zero attached hydrogens (tertiary/aromatic N) is 1. The van der Waals surface area contributed by atoms with Crippen LogP contribution in [0.1, 0.15) is 69.7 Å². The van der Waals surface area contributed by atoms with Crippen molar-refractivity contribution in [3.63, 3.8) is 0 Å². The standard InChI is InChI=1S/C31H45N3O5S/c1-9-10-18-34(29(36)26(17-19-40-8)33-30(37)39-31(4,5)6)27(25-16-11-21(2)20-22(25)3)28(35)32-23-12-14-24(38-7)15-13-23/h11-16,20,26-27H,9-10,17-19H2,1-8H3,(H,32,35)(H,33,37). The summed E-state index contributed by atoms with van der Waals surface area (Å²) in [6.07, 6.45) is 3.23. The molecular weight excluding hydrogens is 526 g/mol. The first-order valence-electron chi connectivity index (χ1n) is 13.7. The van der Waals surface area contributed by atoms with Crippen molar-refractivity contribution >= 4 is 35.4 Å². The fourth-order valence-electron chi connectivity index (χ4n) is 4.31. The topological polar surface area (TPSA) is 97.0 Å². The van der Waals surface area contributed by atoms with Gasteiger partial charge in [-0.05, 0) is 94.9 Å². The van der Waals surface area contributed by atoms with Crippen molar-refractivity contribution in [1.82, 2.24) is 10.2 Å². The number of unbranched alkanes of at least 4 members (excludes halogenated alkanes) is 1. The lowest BCUT2D eigenvalue weighted by Gasteiger charge is -2.35. The summed E-state index contributed by atoms with van der Waals surface area (Å²) in [6, 6.07) is 11.2. The Morgan fingerprint density at radius 3 is 2.27 bits per heavy atom. The second-order valence-corrected chi connectivity index (χ2v) is 11.8. The van der Waals surface area contributed by atoms with Gasteiger partial charge >= 0.3 is 6.09 Å². The highest BCUT2D eigenvalue weighted by Crippen LogP contribution is 2.29. The Bertz CT molecular complexity index is 1130. The Balaban J connectivity index is 2.54. The van der Waals surface area contributed by atoms with Gasteiger partial charge in [0.15, 0.2) is 0 Å². The summed E-state index contributed by atoms with van der Waals surface area (Å²) in [4.78, 5) is 42.6. The molecule has 2 aromatic rings. The van der Waals surface area contributed by atoms with Crippen LogP contribution in [-0.4, -0.2) is 60.1 Å². The summed E-state index contributed by atoms with van der Waals surface area (Å²) in [7, 11) is 1.58. The Hall–Kier alpha value is -3.20. The first-order valence-corrected chi connectivity index (χ1v) is 15.1. The molecule has 2 N–H and O–H groups in total. The average molecular weight is 572 g/mol. The van der Waals surface area contributed by atoms with Gasteiger partial charge in [0.05, 0.1) is 7.11 Å². The first kappa shape index (κ1) is 33.0. The van der Waals surface area contributed by atoms with Crippen LogP contribution < -0.4 is 15.4 Å². The first-order chi connectivity index (χ1) is 18.9. The molecule has 0 saturated carbocycles. The van der Waals surface area contributed by atoms with E-state index in [1.54, 1.807) is 68.8 Å². The number of benzene rings is 2. The van der Waals surface area contributed by atoms with Crippen LogP contribution in [0.5, 0.6) is 5.75 Å². The number of ether oxygens (including phenoxy) is 2. The quantitative estimate of drug-likeness (QED) is 0.294. The van der Waals surface area contributed by atoms with Crippen LogP contribution in [0.2, 0.25) is 0 Å². The minimum Gasteiger partial charge on any atom is -0.497 e. The molecule has 0 bridgehead atoms. The van der Waals surface area contributed by atoms with Gasteiger partial charge in [-0.15, -0.1) is 0 Å². The van der Waals surface area contributed by atoms with E-state index in [9.17, 15) is 14.4 Å². The van der Waals surface area contributed by atoms with E-state index in [4.69, 9.17) is 9.47 Å². The lowest BCUT2D eigenvalue weighted by molar-refractivity contribution is -0.141. The van der Waals surface area contributed by atoms with Crippen LogP contribution in [0.15, 0.2) is 42.5 Å². The molecule has 2 atom stereocenters. The molecule has 3 amide bonds. The van der Waals surface area contributed by atoms with Gasteiger partial charge in [0.25, 0.3) is 5.91 Å². The van der Waals surface area contributed by atoms with E-state index in [1.807, 2.05) is 45.2 Å². The van der Waals surface area contributed by atoms with E-state index in [2.05, 4.69) is 10.6 Å². The number of carbonyl (C=O) groups excluding carboxylic acids is 3. The SMILES string of the molecule is CCCCN(C(=O)C(CCSC)NC(=O)OC(C)(C)C)C(C(=O)Nc1ccc(OC)cc1)c1ccc(C)cc1C. The number of methoxy groups -OCH3 is 1. The average Bonchev–Trinajstić information content (AvgIpc) is 2.88. The Labute approximate surface area is 243 Å². The van der Waals surface area contributed by atoms with Gasteiger partial charge in [-0.2, -0.15) is 11.8 Å². The summed E-state index contributed by atoms with van der Waals surface area (Å²) in [6.45, 7) is 11.7. The van der Waals surface area contributed by atoms with E-state index in [0.29, 0.717) is 36.6 Å². The molecule has 8 nitrogen and oxygen atoms in total. The monoisotopic (exact) mass is 571 g/mol. The number of hydrogen-bond acceptors (Lipinski definition) is 6. The molecule has 9 heteroatoms. The number of hydrogen-bond donors (Lipinski definition) is 2. The van der Waals surface area contributed by atoms with Crippen LogP contribution >= 0.6 is 11.8 Å². The normalized spacial score (nSPS) is 12.7. The molecule has 2 aromatic carbocycles. The molecule has 0 aliphatic carbocycles. The number of anilines is 1. The molecule has 0 aliphatic heterocycles. The molecule has 0 spiro atoms. The summed E-state index contributed by atoms with van der Waals surface area (Å²) in [5, 5.41) is 5.78. The summed E-state index contributed by atoms with van der Waals surface area (Å²) in [5.74, 6) is 0.680. The van der Waals surface area contributed by atoms with Crippen LogP contribution in [0.3, 0.4) is 0 Å². The maximum absolute atomic E-state index is 14.2. The van der Waals surface area contributed by atoms with Gasteiger partial charge in [0.1, 0.15) is 23.4 Å². The van der Waals surface area contributed by atoms with Crippen molar-refractivity contribution in [2.45, 2.75) is 78.5 Å². The van der Waals surface area contributed by atoms with Crippen LogP contribution in [0, 0.1) is 13.8 Å². The smallest absolute Gasteiger partial charge is 0.408 e. The molecule has 40 heavy (non-hydrogen) atoms. The summed E-state index contributed by atoms with van der Waals surface area (Å²) < 4.78 is 10.7. The maximum Gasteiger partial charge on any atom is 0.408 e. The Morgan fingerprint density at radius 1 is 1.05 bits per heavy atom. The van der Waals surface area contributed by atoms with E-state index in [0.717, 1.165) is 23.1 Å². The molecule has 0 radical (unpaired) electrons. The largest absolute Gasteiger partial charge is 0.497 e. The van der Waals surface area contributed by atoms with E-state index in [1.165, 1.54) is 0 Å². The highest BCUT2D eigenvalue weighted by molar-refractivity contribution is 7.98. The third kappa shape index (κ3) is 10.1. The Kier molecular flexibility index (Phi) is 12.8. The zero-order valence-electron chi connectivity index (χ0n) is 25.1. The number of nitrogens with one attached hydrogen (secondary N) is 2. The van der Waals surface area contributed by atoms with E-state index >= 15 is 0 Å². The number of rotatable bonds is 13. The van der Waals surface area contributed by atoms with Gasteiger partial charge in [0, 0.05) is 12.2 Å². The van der Waals surface area contributed by atoms with Crippen molar-refractivity contribution in [2.75, 3.05) is 31.0 Å². The van der Waals surface area contributed by atoms with Crippen molar-refractivity contribution in [3.8, 4) is 5.75 Å². The van der Waals surface area contributed by atoms with E-state index in [-0.39, 0.29) is 11.8 Å². The second-order valence-electron chi connectivity index (χ2n) is 10.8. The third-order valence-electron chi connectivity index (χ3n) is 6.27. The molecular formula is C31H45N3O5S. The number of amides is 3. The highest BCUT2D eigenvalue weighted by Gasteiger charge is 2.36. The molecule has 0 fully saturated rings. The predicted molar refractivity (Wildman–Crippen MR) is 163 cm³/mol. The molecule has 0 saturated heterocycles. The fourth-order valence-corrected chi connectivity index (χ4v) is 4.78. The van der Waals surface area contributed by atoms with E-state index < -0.39 is 23.8 Å². The fraction of sp³-hybridized carbons (Fsp3) is 0.516. The lowest BCUT2D eigenvalue weighted by Crippen LogP contribution is -2.53. The highest BCUT2D eigenvalue weighted by atomic mass is 32.2. The molecule has 2 rings (SSSR count). The summed E-state index contributed by atoms with van der Waals surface area (Å²) in [5.41, 5.74) is 2.59. The number of aryl methyl sites for hydroxylation is 2. The van der Waals surface area contributed by atoms with Gasteiger partial charge in [0.2, 0.25) is 5.91 Å². The van der Waals surface area contributed by atoms with Crippen LogP contribution in [0.4, 0.5) is 10.5 Å². The zero-order chi connectivity index (χ0) is 29.9. The van der Waals surface area contributed by atoms with Gasteiger partial charge in [-0.1, -0.05) is 37.1 Å². The molecule has 0 heterocycles. The maximum atomic E-state index is 14.2. The van der Waals surface area contributed by atoms with Crippen molar-refractivity contribution < 1.29 is 23.9 Å². The molecule has 0 aromatic heterocycles. The van der Waals surface area contributed by atoms with Crippen molar-refractivity contribution in [3.05, 3.63) is 59.2 Å². The molecule has 220 valence electrons. The minimum absolute atomic E-state index is 0.316. The van der Waals surface area contributed by atoms with Crippen molar-refractivity contribution in [1.29, 1.82) is 0 Å². The zero-order valence-corrected chi connectivity index (χ0v) is 25.9.